The highest BCUT2D eigenvalue weighted by Gasteiger charge is 2.59. The highest BCUT2D eigenvalue weighted by molar-refractivity contribution is 7.94. The third kappa shape index (κ3) is 2.47. The number of sulfonamides is 1. The Labute approximate surface area is 104 Å². The second-order valence-corrected chi connectivity index (χ2v) is 7.57. The van der Waals surface area contributed by atoms with Crippen LogP contribution in [0, 0.1) is 5.92 Å². The first-order valence-corrected chi connectivity index (χ1v) is 7.46. The van der Waals surface area contributed by atoms with Crippen LogP contribution in [0.3, 0.4) is 0 Å². The molecule has 0 aromatic rings. The number of rotatable bonds is 6. The van der Waals surface area contributed by atoms with Crippen molar-refractivity contribution >= 4 is 15.9 Å². The Kier molecular flexibility index (Phi) is 4.19. The lowest BCUT2D eigenvalue weighted by molar-refractivity contribution is -0.132. The highest BCUT2D eigenvalue weighted by Crippen LogP contribution is 2.35. The second kappa shape index (κ2) is 4.94. The van der Waals surface area contributed by atoms with E-state index in [1.54, 1.807) is 0 Å². The minimum atomic E-state index is -3.42. The first-order valence-electron chi connectivity index (χ1n) is 6.02. The summed E-state index contributed by atoms with van der Waals surface area (Å²) >= 11 is 0. The third-order valence-corrected chi connectivity index (χ3v) is 5.43. The van der Waals surface area contributed by atoms with Gasteiger partial charge in [-0.3, -0.25) is 4.79 Å². The van der Waals surface area contributed by atoms with Crippen molar-refractivity contribution in [3.05, 3.63) is 0 Å². The molecule has 1 unspecified atom stereocenters. The van der Waals surface area contributed by atoms with Crippen molar-refractivity contribution in [1.29, 1.82) is 0 Å². The van der Waals surface area contributed by atoms with Crippen LogP contribution in [-0.4, -0.2) is 43.0 Å². The molecular weight excluding hydrogens is 240 g/mol. The lowest BCUT2D eigenvalue weighted by atomic mass is 10.1. The monoisotopic (exact) mass is 262 g/mol. The number of amides is 1. The summed E-state index contributed by atoms with van der Waals surface area (Å²) in [5, 5.41) is 3.22. The number of hydrogen-bond acceptors (Lipinski definition) is 4. The standard InChI is InChI=1S/C11H22N2O3S/c1-5-6-12-7-9(2)8-13-10(14)11(3,4)17(13,15)16/h9,12H,5-8H2,1-4H3. The van der Waals surface area contributed by atoms with Crippen LogP contribution in [0.4, 0.5) is 0 Å². The Bertz CT molecular complexity index is 390. The number of nitrogens with one attached hydrogen (secondary N) is 1. The molecule has 1 N–H and O–H groups in total. The molecule has 0 aromatic carbocycles. The summed E-state index contributed by atoms with van der Waals surface area (Å²) in [4.78, 5) is 11.7. The first-order chi connectivity index (χ1) is 7.75. The van der Waals surface area contributed by atoms with Crippen LogP contribution in [-0.2, 0) is 14.8 Å². The van der Waals surface area contributed by atoms with E-state index in [9.17, 15) is 13.2 Å². The second-order valence-electron chi connectivity index (χ2n) is 5.16. The molecule has 0 radical (unpaired) electrons. The van der Waals surface area contributed by atoms with Gasteiger partial charge in [0.25, 0.3) is 15.9 Å². The van der Waals surface area contributed by atoms with Gasteiger partial charge < -0.3 is 5.32 Å². The fourth-order valence-corrected chi connectivity index (χ4v) is 3.46. The predicted octanol–water partition coefficient (Wildman–Crippen LogP) is 0.573. The normalized spacial score (nSPS) is 23.3. The third-order valence-electron chi connectivity index (χ3n) is 3.07. The van der Waals surface area contributed by atoms with Crippen molar-refractivity contribution in [2.45, 2.75) is 38.9 Å². The largest absolute Gasteiger partial charge is 0.316 e. The van der Waals surface area contributed by atoms with Crippen molar-refractivity contribution < 1.29 is 13.2 Å². The van der Waals surface area contributed by atoms with Crippen molar-refractivity contribution in [1.82, 2.24) is 9.62 Å². The molecule has 0 aromatic heterocycles. The Morgan fingerprint density at radius 3 is 2.47 bits per heavy atom. The van der Waals surface area contributed by atoms with Gasteiger partial charge in [-0.05, 0) is 39.3 Å². The highest BCUT2D eigenvalue weighted by atomic mass is 32.2. The van der Waals surface area contributed by atoms with Crippen LogP contribution in [0.1, 0.15) is 34.1 Å². The van der Waals surface area contributed by atoms with Gasteiger partial charge in [-0.2, -0.15) is 0 Å². The Hall–Kier alpha value is -0.620. The fourth-order valence-electron chi connectivity index (χ4n) is 1.81. The Balaban J connectivity index is 2.52. The van der Waals surface area contributed by atoms with E-state index >= 15 is 0 Å². The van der Waals surface area contributed by atoms with Gasteiger partial charge in [-0.25, -0.2) is 12.7 Å². The van der Waals surface area contributed by atoms with Crippen LogP contribution in [0.25, 0.3) is 0 Å². The van der Waals surface area contributed by atoms with Crippen molar-refractivity contribution in [2.24, 2.45) is 5.92 Å². The van der Waals surface area contributed by atoms with Crippen molar-refractivity contribution in [2.75, 3.05) is 19.6 Å². The van der Waals surface area contributed by atoms with Crippen LogP contribution in [0.15, 0.2) is 0 Å². The molecule has 0 saturated carbocycles. The summed E-state index contributed by atoms with van der Waals surface area (Å²) in [5.74, 6) is -0.156. The fraction of sp³-hybridized carbons (Fsp3) is 0.909. The summed E-state index contributed by atoms with van der Waals surface area (Å²) in [6.45, 7) is 8.86. The van der Waals surface area contributed by atoms with E-state index in [4.69, 9.17) is 0 Å². The Morgan fingerprint density at radius 1 is 1.41 bits per heavy atom. The molecule has 1 amide bonds. The number of carbonyl (C=O) groups is 1. The minimum absolute atomic E-state index is 0.136. The Morgan fingerprint density at radius 2 is 2.00 bits per heavy atom. The average Bonchev–Trinajstić information content (AvgIpc) is 2.25. The summed E-state index contributed by atoms with van der Waals surface area (Å²) in [5.41, 5.74) is 0. The molecule has 1 saturated heterocycles. The van der Waals surface area contributed by atoms with Gasteiger partial charge in [0, 0.05) is 6.54 Å². The molecule has 0 spiro atoms. The van der Waals surface area contributed by atoms with E-state index in [1.807, 2.05) is 6.92 Å². The maximum Gasteiger partial charge on any atom is 0.258 e. The van der Waals surface area contributed by atoms with E-state index in [2.05, 4.69) is 12.2 Å². The van der Waals surface area contributed by atoms with Gasteiger partial charge in [-0.1, -0.05) is 13.8 Å². The maximum atomic E-state index is 11.8. The van der Waals surface area contributed by atoms with Gasteiger partial charge in [0.05, 0.1) is 0 Å². The van der Waals surface area contributed by atoms with Gasteiger partial charge in [0.1, 0.15) is 0 Å². The predicted molar refractivity (Wildman–Crippen MR) is 67.0 cm³/mol. The summed E-state index contributed by atoms with van der Waals surface area (Å²) in [6, 6.07) is 0. The van der Waals surface area contributed by atoms with Gasteiger partial charge in [0.2, 0.25) is 0 Å². The van der Waals surface area contributed by atoms with Crippen molar-refractivity contribution in [3.8, 4) is 0 Å². The number of nitrogens with zero attached hydrogens (tertiary/aromatic N) is 1. The molecule has 1 aliphatic heterocycles. The van der Waals surface area contributed by atoms with E-state index in [-0.39, 0.29) is 18.4 Å². The quantitative estimate of drug-likeness (QED) is 0.711. The summed E-state index contributed by atoms with van der Waals surface area (Å²) < 4.78 is 23.4. The van der Waals surface area contributed by atoms with Gasteiger partial charge in [-0.15, -0.1) is 0 Å². The SMILES string of the molecule is CCCNCC(C)CN1C(=O)C(C)(C)S1(=O)=O. The van der Waals surface area contributed by atoms with Gasteiger partial charge in [0.15, 0.2) is 4.75 Å². The first kappa shape index (κ1) is 14.4. The smallest absolute Gasteiger partial charge is 0.258 e. The van der Waals surface area contributed by atoms with Crippen LogP contribution in [0.5, 0.6) is 0 Å². The zero-order valence-electron chi connectivity index (χ0n) is 11.0. The van der Waals surface area contributed by atoms with Crippen LogP contribution in [0.2, 0.25) is 0 Å². The molecule has 5 nitrogen and oxygen atoms in total. The molecule has 0 bridgehead atoms. The topological polar surface area (TPSA) is 66.5 Å². The summed E-state index contributed by atoms with van der Waals surface area (Å²) in [6.07, 6.45) is 1.04. The lowest BCUT2D eigenvalue weighted by Gasteiger charge is -2.44. The number of hydrogen-bond donors (Lipinski definition) is 1. The maximum absolute atomic E-state index is 11.8. The van der Waals surface area contributed by atoms with Crippen LogP contribution >= 0.6 is 0 Å². The molecule has 1 fully saturated rings. The zero-order chi connectivity index (χ0) is 13.3. The molecule has 1 heterocycles. The average molecular weight is 262 g/mol. The van der Waals surface area contributed by atoms with E-state index in [0.717, 1.165) is 23.8 Å². The molecular formula is C11H22N2O3S. The zero-order valence-corrected chi connectivity index (χ0v) is 11.8. The molecule has 0 aliphatic carbocycles. The van der Waals surface area contributed by atoms with E-state index in [1.165, 1.54) is 13.8 Å². The van der Waals surface area contributed by atoms with Crippen molar-refractivity contribution in [3.63, 3.8) is 0 Å². The molecule has 17 heavy (non-hydrogen) atoms. The summed E-state index contributed by atoms with van der Waals surface area (Å²) in [7, 11) is -3.42. The minimum Gasteiger partial charge on any atom is -0.316 e. The lowest BCUT2D eigenvalue weighted by Crippen LogP contribution is -2.68. The molecule has 1 aliphatic rings. The van der Waals surface area contributed by atoms with Crippen LogP contribution < -0.4 is 5.32 Å². The molecule has 1 rings (SSSR count). The van der Waals surface area contributed by atoms with E-state index < -0.39 is 14.8 Å². The molecule has 1 atom stereocenters. The van der Waals surface area contributed by atoms with E-state index in [0.29, 0.717) is 0 Å². The molecule has 6 heteroatoms. The molecule has 100 valence electrons. The van der Waals surface area contributed by atoms with Gasteiger partial charge >= 0.3 is 0 Å². The number of carbonyl (C=O) groups excluding carboxylic acids is 1.